The van der Waals surface area contributed by atoms with Gasteiger partial charge in [-0.1, -0.05) is 96.3 Å². The smallest absolute Gasteiger partial charge is 0.264 e. The second-order valence-corrected chi connectivity index (χ2v) is 14.0. The molecule has 47 heavy (non-hydrogen) atoms. The van der Waals surface area contributed by atoms with E-state index in [2.05, 4.69) is 5.32 Å². The van der Waals surface area contributed by atoms with Gasteiger partial charge < -0.3 is 15.0 Å². The molecule has 0 saturated heterocycles. The molecule has 0 unspecified atom stereocenters. The second kappa shape index (κ2) is 16.4. The molecule has 4 aromatic carbocycles. The number of hydrogen-bond donors (Lipinski definition) is 1. The molecule has 0 fully saturated rings. The molecule has 0 aliphatic heterocycles. The Labute approximate surface area is 291 Å². The highest BCUT2D eigenvalue weighted by Crippen LogP contribution is 2.35. The van der Waals surface area contributed by atoms with Crippen LogP contribution < -0.4 is 14.4 Å². The lowest BCUT2D eigenvalue weighted by atomic mass is 10.0. The summed E-state index contributed by atoms with van der Waals surface area (Å²) >= 11 is 18.9. The van der Waals surface area contributed by atoms with Gasteiger partial charge in [-0.2, -0.15) is 0 Å². The van der Waals surface area contributed by atoms with Crippen LogP contribution in [0.2, 0.25) is 15.1 Å². The molecule has 8 nitrogen and oxygen atoms in total. The highest BCUT2D eigenvalue weighted by Gasteiger charge is 2.36. The lowest BCUT2D eigenvalue weighted by Crippen LogP contribution is -2.54. The molecule has 248 valence electrons. The van der Waals surface area contributed by atoms with Crippen LogP contribution in [0.3, 0.4) is 0 Å². The van der Waals surface area contributed by atoms with E-state index in [1.54, 1.807) is 42.5 Å². The van der Waals surface area contributed by atoms with Crippen molar-refractivity contribution in [2.24, 2.45) is 0 Å². The van der Waals surface area contributed by atoms with Gasteiger partial charge in [0, 0.05) is 24.0 Å². The number of amides is 2. The first-order chi connectivity index (χ1) is 22.4. The van der Waals surface area contributed by atoms with Crippen LogP contribution in [0.1, 0.15) is 31.4 Å². The van der Waals surface area contributed by atoms with E-state index >= 15 is 0 Å². The van der Waals surface area contributed by atoms with E-state index in [4.69, 9.17) is 39.5 Å². The van der Waals surface area contributed by atoms with Crippen LogP contribution in [0.15, 0.2) is 102 Å². The fourth-order valence-corrected chi connectivity index (χ4v) is 6.85. The minimum absolute atomic E-state index is 0.0405. The Bertz CT molecular complexity index is 1790. The molecule has 0 bridgehead atoms. The largest absolute Gasteiger partial charge is 0.495 e. The maximum absolute atomic E-state index is 14.6. The van der Waals surface area contributed by atoms with Crippen molar-refractivity contribution in [2.45, 2.75) is 50.2 Å². The number of rotatable bonds is 14. The standard InChI is InChI=1S/C35H36Cl3N3O5S/c1-4-24(2)39-35(43)32(20-25-11-7-5-8-12-25)40(22-26-15-17-29(37)30(38)19-26)34(42)23-41(31-21-27(36)16-18-33(31)46-3)47(44,45)28-13-9-6-10-14-28/h5-19,21,24,32H,4,20,22-23H2,1-3H3,(H,39,43)/t24-,32+/m1/s1. The number of methoxy groups -OCH3 is 1. The zero-order valence-electron chi connectivity index (χ0n) is 26.2. The molecule has 0 saturated carbocycles. The van der Waals surface area contributed by atoms with Crippen LogP contribution in [0.5, 0.6) is 5.75 Å². The molecule has 0 aliphatic rings. The van der Waals surface area contributed by atoms with E-state index in [9.17, 15) is 18.0 Å². The first kappa shape index (κ1) is 36.1. The summed E-state index contributed by atoms with van der Waals surface area (Å²) in [4.78, 5) is 30.0. The Balaban J connectivity index is 1.86. The van der Waals surface area contributed by atoms with Crippen molar-refractivity contribution in [3.63, 3.8) is 0 Å². The maximum atomic E-state index is 14.6. The summed E-state index contributed by atoms with van der Waals surface area (Å²) in [5, 5.41) is 3.85. The third kappa shape index (κ3) is 9.20. The summed E-state index contributed by atoms with van der Waals surface area (Å²) in [5.74, 6) is -0.833. The third-order valence-electron chi connectivity index (χ3n) is 7.63. The van der Waals surface area contributed by atoms with E-state index in [0.29, 0.717) is 17.0 Å². The molecule has 0 spiro atoms. The summed E-state index contributed by atoms with van der Waals surface area (Å²) in [6, 6.07) is 25.3. The molecule has 12 heteroatoms. The fourth-order valence-electron chi connectivity index (χ4n) is 4.92. The molecule has 0 aromatic heterocycles. The van der Waals surface area contributed by atoms with Crippen molar-refractivity contribution in [3.8, 4) is 5.75 Å². The molecule has 0 heterocycles. The van der Waals surface area contributed by atoms with Gasteiger partial charge in [-0.05, 0) is 66.9 Å². The van der Waals surface area contributed by atoms with Gasteiger partial charge >= 0.3 is 0 Å². The predicted molar refractivity (Wildman–Crippen MR) is 188 cm³/mol. The van der Waals surface area contributed by atoms with Gasteiger partial charge in [0.15, 0.2) is 0 Å². The highest BCUT2D eigenvalue weighted by molar-refractivity contribution is 7.92. The van der Waals surface area contributed by atoms with Crippen LogP contribution in [0.25, 0.3) is 0 Å². The van der Waals surface area contributed by atoms with E-state index in [1.807, 2.05) is 44.2 Å². The van der Waals surface area contributed by atoms with Gasteiger partial charge in [0.25, 0.3) is 10.0 Å². The van der Waals surface area contributed by atoms with E-state index in [1.165, 1.54) is 36.3 Å². The van der Waals surface area contributed by atoms with Crippen molar-refractivity contribution in [2.75, 3.05) is 18.0 Å². The zero-order chi connectivity index (χ0) is 34.1. The number of anilines is 1. The molecule has 4 rings (SSSR count). The normalized spacial score (nSPS) is 12.6. The number of ether oxygens (including phenoxy) is 1. The lowest BCUT2D eigenvalue weighted by Gasteiger charge is -2.34. The van der Waals surface area contributed by atoms with Crippen LogP contribution >= 0.6 is 34.8 Å². The molecular weight excluding hydrogens is 681 g/mol. The van der Waals surface area contributed by atoms with Gasteiger partial charge in [0.2, 0.25) is 11.8 Å². The predicted octanol–water partition coefficient (Wildman–Crippen LogP) is 7.41. The Hall–Kier alpha value is -3.76. The monoisotopic (exact) mass is 715 g/mol. The Kier molecular flexibility index (Phi) is 12.6. The molecular formula is C35H36Cl3N3O5S. The number of carbonyl (C=O) groups is 2. The number of halogens is 3. The third-order valence-corrected chi connectivity index (χ3v) is 10.4. The van der Waals surface area contributed by atoms with Crippen molar-refractivity contribution < 1.29 is 22.7 Å². The van der Waals surface area contributed by atoms with Gasteiger partial charge in [-0.25, -0.2) is 8.42 Å². The van der Waals surface area contributed by atoms with Crippen LogP contribution in [0.4, 0.5) is 5.69 Å². The molecule has 0 radical (unpaired) electrons. The second-order valence-electron chi connectivity index (χ2n) is 10.9. The Morgan fingerprint density at radius 2 is 1.51 bits per heavy atom. The quantitative estimate of drug-likeness (QED) is 0.147. The fraction of sp³-hybridized carbons (Fsp3) is 0.257. The van der Waals surface area contributed by atoms with Crippen molar-refractivity contribution >= 4 is 62.3 Å². The lowest BCUT2D eigenvalue weighted by molar-refractivity contribution is -0.140. The number of carbonyl (C=O) groups excluding carboxylic acids is 2. The number of hydrogen-bond acceptors (Lipinski definition) is 5. The summed E-state index contributed by atoms with van der Waals surface area (Å²) in [6.07, 6.45) is 0.838. The minimum Gasteiger partial charge on any atom is -0.495 e. The number of sulfonamides is 1. The van der Waals surface area contributed by atoms with Crippen molar-refractivity contribution in [1.82, 2.24) is 10.2 Å². The summed E-state index contributed by atoms with van der Waals surface area (Å²) < 4.78 is 34.9. The molecule has 2 amide bonds. The molecule has 1 N–H and O–H groups in total. The first-order valence-electron chi connectivity index (χ1n) is 14.9. The van der Waals surface area contributed by atoms with Crippen molar-refractivity contribution in [1.29, 1.82) is 0 Å². The topological polar surface area (TPSA) is 96.0 Å². The van der Waals surface area contributed by atoms with Gasteiger partial charge in [0.1, 0.15) is 18.3 Å². The Morgan fingerprint density at radius 3 is 2.13 bits per heavy atom. The summed E-state index contributed by atoms with van der Waals surface area (Å²) in [7, 11) is -2.94. The van der Waals surface area contributed by atoms with Crippen LogP contribution in [-0.2, 0) is 32.6 Å². The van der Waals surface area contributed by atoms with E-state index < -0.39 is 28.5 Å². The highest BCUT2D eigenvalue weighted by atomic mass is 35.5. The number of nitrogens with one attached hydrogen (secondary N) is 1. The SMILES string of the molecule is CC[C@@H](C)NC(=O)[C@H](Cc1ccccc1)N(Cc1ccc(Cl)c(Cl)c1)C(=O)CN(c1cc(Cl)ccc1OC)S(=O)(=O)c1ccccc1. The van der Waals surface area contributed by atoms with Gasteiger partial charge in [0.05, 0.1) is 27.7 Å². The number of benzene rings is 4. The molecule has 2 atom stereocenters. The first-order valence-corrected chi connectivity index (χ1v) is 17.5. The maximum Gasteiger partial charge on any atom is 0.264 e. The average Bonchev–Trinajstić information content (AvgIpc) is 3.07. The Morgan fingerprint density at radius 1 is 0.851 bits per heavy atom. The van der Waals surface area contributed by atoms with Crippen LogP contribution in [-0.4, -0.2) is 50.9 Å². The van der Waals surface area contributed by atoms with Crippen molar-refractivity contribution in [3.05, 3.63) is 123 Å². The van der Waals surface area contributed by atoms with E-state index in [-0.39, 0.29) is 51.3 Å². The average molecular weight is 717 g/mol. The summed E-state index contributed by atoms with van der Waals surface area (Å²) in [6.45, 7) is 3.09. The minimum atomic E-state index is -4.34. The van der Waals surface area contributed by atoms with Gasteiger partial charge in [-0.15, -0.1) is 0 Å². The van der Waals surface area contributed by atoms with Gasteiger partial charge in [-0.3, -0.25) is 13.9 Å². The zero-order valence-corrected chi connectivity index (χ0v) is 29.3. The van der Waals surface area contributed by atoms with Crippen LogP contribution in [0, 0.1) is 0 Å². The molecule has 0 aliphatic carbocycles. The number of nitrogens with zero attached hydrogens (tertiary/aromatic N) is 2. The van der Waals surface area contributed by atoms with E-state index in [0.717, 1.165) is 9.87 Å². The molecule has 4 aromatic rings. The summed E-state index contributed by atoms with van der Waals surface area (Å²) in [5.41, 5.74) is 1.48.